The molecule has 4 atom stereocenters. The van der Waals surface area contributed by atoms with Crippen molar-refractivity contribution in [3.8, 4) is 0 Å². The number of rotatable bonds is 13. The predicted molar refractivity (Wildman–Crippen MR) is 96.4 cm³/mol. The number of hydrogen-bond acceptors (Lipinski definition) is 8. The zero-order chi connectivity index (χ0) is 22.7. The van der Waals surface area contributed by atoms with Crippen LogP contribution in [0.4, 0.5) is 0 Å². The second-order valence-electron chi connectivity index (χ2n) is 6.18. The highest BCUT2D eigenvalue weighted by Gasteiger charge is 2.31. The lowest BCUT2D eigenvalue weighted by Crippen LogP contribution is -2.59. The molecular formula is C15H26N6O8. The second kappa shape index (κ2) is 12.2. The van der Waals surface area contributed by atoms with Gasteiger partial charge >= 0.3 is 5.97 Å². The van der Waals surface area contributed by atoms with Crippen molar-refractivity contribution in [2.75, 3.05) is 6.54 Å². The Kier molecular flexibility index (Phi) is 10.9. The van der Waals surface area contributed by atoms with Gasteiger partial charge in [0, 0.05) is 6.42 Å². The Morgan fingerprint density at radius 1 is 0.931 bits per heavy atom. The van der Waals surface area contributed by atoms with Crippen LogP contribution in [0.3, 0.4) is 0 Å². The molecule has 5 amide bonds. The number of nitrogens with one attached hydrogen (secondary N) is 3. The van der Waals surface area contributed by atoms with Crippen molar-refractivity contribution >= 4 is 35.5 Å². The van der Waals surface area contributed by atoms with Gasteiger partial charge in [0.1, 0.15) is 18.6 Å². The minimum atomic E-state index is -1.57. The third-order valence-electron chi connectivity index (χ3n) is 3.55. The average Bonchev–Trinajstić information content (AvgIpc) is 2.59. The highest BCUT2D eigenvalue weighted by Crippen LogP contribution is 2.02. The topological polar surface area (TPSA) is 257 Å². The zero-order valence-corrected chi connectivity index (χ0v) is 15.7. The van der Waals surface area contributed by atoms with Crippen LogP contribution in [0.15, 0.2) is 0 Å². The van der Waals surface area contributed by atoms with Crippen LogP contribution >= 0.6 is 0 Å². The average molecular weight is 418 g/mol. The van der Waals surface area contributed by atoms with E-state index in [0.717, 1.165) is 0 Å². The number of aliphatic carboxylic acids is 1. The summed E-state index contributed by atoms with van der Waals surface area (Å²) in [5.41, 5.74) is 15.4. The third kappa shape index (κ3) is 10.6. The van der Waals surface area contributed by atoms with Gasteiger partial charge in [-0.25, -0.2) is 0 Å². The van der Waals surface area contributed by atoms with Crippen molar-refractivity contribution in [1.29, 1.82) is 0 Å². The highest BCUT2D eigenvalue weighted by molar-refractivity contribution is 5.95. The number of carboxylic acids is 1. The molecule has 0 aromatic heterocycles. The zero-order valence-electron chi connectivity index (χ0n) is 15.7. The number of aliphatic hydroxyl groups is 1. The molecule has 164 valence electrons. The van der Waals surface area contributed by atoms with E-state index in [2.05, 4.69) is 10.6 Å². The molecule has 4 unspecified atom stereocenters. The van der Waals surface area contributed by atoms with E-state index in [0.29, 0.717) is 0 Å². The molecule has 0 aliphatic rings. The van der Waals surface area contributed by atoms with E-state index in [1.54, 1.807) is 0 Å². The van der Waals surface area contributed by atoms with Crippen LogP contribution in [0.2, 0.25) is 0 Å². The minimum Gasteiger partial charge on any atom is -0.480 e. The van der Waals surface area contributed by atoms with Gasteiger partial charge in [0.25, 0.3) is 0 Å². The summed E-state index contributed by atoms with van der Waals surface area (Å²) in [5.74, 6) is -5.84. The molecule has 0 fully saturated rings. The monoisotopic (exact) mass is 418 g/mol. The van der Waals surface area contributed by atoms with Gasteiger partial charge in [-0.3, -0.25) is 28.8 Å². The summed E-state index contributed by atoms with van der Waals surface area (Å²) < 4.78 is 0. The van der Waals surface area contributed by atoms with E-state index >= 15 is 0 Å². The maximum absolute atomic E-state index is 12.4. The van der Waals surface area contributed by atoms with E-state index in [1.807, 2.05) is 5.32 Å². The first-order valence-electron chi connectivity index (χ1n) is 8.45. The molecular weight excluding hydrogens is 392 g/mol. The fourth-order valence-electron chi connectivity index (χ4n) is 2.08. The summed E-state index contributed by atoms with van der Waals surface area (Å²) in [6.45, 7) is 0.438. The van der Waals surface area contributed by atoms with Crippen LogP contribution in [0.5, 0.6) is 0 Å². The number of amides is 5. The maximum atomic E-state index is 12.4. The molecule has 0 rings (SSSR count). The fraction of sp³-hybridized carbons (Fsp3) is 0.600. The first kappa shape index (κ1) is 25.7. The maximum Gasteiger partial charge on any atom is 0.322 e. The molecule has 0 saturated carbocycles. The van der Waals surface area contributed by atoms with Crippen LogP contribution in [0.1, 0.15) is 26.2 Å². The Bertz CT molecular complexity index is 653. The Hall–Kier alpha value is -3.26. The number of hydrogen-bond donors (Lipinski definition) is 8. The predicted octanol–water partition coefficient (Wildman–Crippen LogP) is -4.99. The number of carbonyl (C=O) groups excluding carboxylic acids is 5. The molecule has 11 N–H and O–H groups in total. The lowest BCUT2D eigenvalue weighted by molar-refractivity contribution is -0.139. The Balaban J connectivity index is 5.22. The molecule has 0 bridgehead atoms. The molecule has 29 heavy (non-hydrogen) atoms. The number of nitrogens with two attached hydrogens (primary N) is 3. The van der Waals surface area contributed by atoms with Gasteiger partial charge in [-0.15, -0.1) is 0 Å². The van der Waals surface area contributed by atoms with Crippen LogP contribution in [-0.2, 0) is 28.8 Å². The van der Waals surface area contributed by atoms with Crippen molar-refractivity contribution in [3.05, 3.63) is 0 Å². The molecule has 0 aliphatic heterocycles. The molecule has 0 aromatic carbocycles. The second-order valence-corrected chi connectivity index (χ2v) is 6.18. The summed E-state index contributed by atoms with van der Waals surface area (Å²) >= 11 is 0. The highest BCUT2D eigenvalue weighted by atomic mass is 16.4. The van der Waals surface area contributed by atoms with Gasteiger partial charge < -0.3 is 43.4 Å². The standard InChI is InChI=1S/C15H26N6O8/c1-6(22)12(21-13(27)7(16)4-10(18)24)15(29)20-8(2-3-9(17)23)14(28)19-5-11(25)26/h6-8,12,22H,2-5,16H2,1H3,(H2,17,23)(H2,18,24)(H,19,28)(H,20,29)(H,21,27)(H,25,26). The number of carboxylic acid groups (broad SMARTS) is 1. The summed E-state index contributed by atoms with van der Waals surface area (Å²) in [6, 6.07) is -4.30. The summed E-state index contributed by atoms with van der Waals surface area (Å²) in [7, 11) is 0. The largest absolute Gasteiger partial charge is 0.480 e. The van der Waals surface area contributed by atoms with Gasteiger partial charge in [0.2, 0.25) is 29.5 Å². The summed E-state index contributed by atoms with van der Waals surface area (Å²) in [6.07, 6.45) is -2.49. The summed E-state index contributed by atoms with van der Waals surface area (Å²) in [5, 5.41) is 24.8. The van der Waals surface area contributed by atoms with Crippen LogP contribution in [0, 0.1) is 0 Å². The Labute approximate surface area is 165 Å². The van der Waals surface area contributed by atoms with Gasteiger partial charge in [0.05, 0.1) is 18.6 Å². The van der Waals surface area contributed by atoms with E-state index in [1.165, 1.54) is 6.92 Å². The molecule has 0 heterocycles. The van der Waals surface area contributed by atoms with Crippen molar-refractivity contribution in [2.45, 2.75) is 50.4 Å². The van der Waals surface area contributed by atoms with E-state index in [-0.39, 0.29) is 12.8 Å². The normalized spacial score (nSPS) is 14.6. The lowest BCUT2D eigenvalue weighted by Gasteiger charge is -2.25. The molecule has 14 heteroatoms. The molecule has 0 aromatic rings. The number of carbonyl (C=O) groups is 6. The van der Waals surface area contributed by atoms with Crippen molar-refractivity contribution in [3.63, 3.8) is 0 Å². The summed E-state index contributed by atoms with van der Waals surface area (Å²) in [4.78, 5) is 68.8. The molecule has 0 saturated heterocycles. The molecule has 0 aliphatic carbocycles. The lowest BCUT2D eigenvalue weighted by atomic mass is 10.1. The molecule has 0 radical (unpaired) electrons. The first-order valence-corrected chi connectivity index (χ1v) is 8.45. The fourth-order valence-corrected chi connectivity index (χ4v) is 2.08. The van der Waals surface area contributed by atoms with Gasteiger partial charge in [-0.1, -0.05) is 0 Å². The van der Waals surface area contributed by atoms with E-state index in [9.17, 15) is 33.9 Å². The van der Waals surface area contributed by atoms with Crippen molar-refractivity contribution in [2.24, 2.45) is 17.2 Å². The SMILES string of the molecule is CC(O)C(NC(=O)C(N)CC(N)=O)C(=O)NC(CCC(N)=O)C(=O)NCC(=O)O. The number of aliphatic hydroxyl groups excluding tert-OH is 1. The Morgan fingerprint density at radius 2 is 1.52 bits per heavy atom. The molecule has 0 spiro atoms. The van der Waals surface area contributed by atoms with Crippen LogP contribution < -0.4 is 33.2 Å². The molecule has 14 nitrogen and oxygen atoms in total. The van der Waals surface area contributed by atoms with Crippen molar-refractivity contribution in [1.82, 2.24) is 16.0 Å². The Morgan fingerprint density at radius 3 is 1.97 bits per heavy atom. The minimum absolute atomic E-state index is 0.256. The van der Waals surface area contributed by atoms with E-state index < -0.39 is 72.7 Å². The van der Waals surface area contributed by atoms with Gasteiger partial charge in [-0.2, -0.15) is 0 Å². The van der Waals surface area contributed by atoms with Crippen LogP contribution in [-0.4, -0.2) is 76.5 Å². The quantitative estimate of drug-likeness (QED) is 0.142. The third-order valence-corrected chi connectivity index (χ3v) is 3.55. The number of primary amides is 2. The van der Waals surface area contributed by atoms with E-state index in [4.69, 9.17) is 22.3 Å². The first-order chi connectivity index (χ1) is 13.3. The van der Waals surface area contributed by atoms with Gasteiger partial charge in [0.15, 0.2) is 0 Å². The van der Waals surface area contributed by atoms with Gasteiger partial charge in [-0.05, 0) is 13.3 Å². The van der Waals surface area contributed by atoms with Crippen LogP contribution in [0.25, 0.3) is 0 Å². The van der Waals surface area contributed by atoms with Crippen molar-refractivity contribution < 1.29 is 39.0 Å². The smallest absolute Gasteiger partial charge is 0.322 e.